The lowest BCUT2D eigenvalue weighted by Crippen LogP contribution is -2.35. The molecule has 208 valence electrons. The molecular weight excluding hydrogens is 513 g/mol. The first-order chi connectivity index (χ1) is 18.6. The van der Waals surface area contributed by atoms with Crippen molar-refractivity contribution in [2.45, 2.75) is 70.4 Å². The molecule has 4 rings (SSSR count). The molecule has 7 nitrogen and oxygen atoms in total. The summed E-state index contributed by atoms with van der Waals surface area (Å²) in [6.45, 7) is 3.06. The molecular formula is C29H31F3N2O5. The predicted octanol–water partition coefficient (Wildman–Crippen LogP) is 5.58. The number of benzene rings is 2. The van der Waals surface area contributed by atoms with Crippen molar-refractivity contribution < 1.29 is 32.5 Å². The smallest absolute Gasteiger partial charge is 0.416 e. The number of rotatable bonds is 9. The molecule has 1 heterocycles. The highest BCUT2D eigenvalue weighted by Gasteiger charge is 2.40. The number of halogens is 3. The monoisotopic (exact) mass is 544 g/mol. The van der Waals surface area contributed by atoms with Crippen molar-refractivity contribution in [1.29, 1.82) is 0 Å². The summed E-state index contributed by atoms with van der Waals surface area (Å²) in [5.74, 6) is -1.19. The van der Waals surface area contributed by atoms with Gasteiger partial charge in [0.25, 0.3) is 5.43 Å². The van der Waals surface area contributed by atoms with Crippen molar-refractivity contribution in [2.24, 2.45) is 0 Å². The quantitative estimate of drug-likeness (QED) is 0.354. The molecule has 1 aliphatic rings. The summed E-state index contributed by atoms with van der Waals surface area (Å²) in [7, 11) is 0. The number of aliphatic hydroxyl groups is 1. The summed E-state index contributed by atoms with van der Waals surface area (Å²) >= 11 is 0. The summed E-state index contributed by atoms with van der Waals surface area (Å²) in [6, 6.07) is 14.3. The highest BCUT2D eigenvalue weighted by atomic mass is 19.4. The van der Waals surface area contributed by atoms with Crippen LogP contribution < -0.4 is 10.2 Å². The summed E-state index contributed by atoms with van der Waals surface area (Å²) in [5, 5.41) is 15.1. The van der Waals surface area contributed by atoms with E-state index in [1.165, 1.54) is 17.7 Å². The second-order valence-corrected chi connectivity index (χ2v) is 9.79. The van der Waals surface area contributed by atoms with Gasteiger partial charge in [-0.1, -0.05) is 61.4 Å². The van der Waals surface area contributed by atoms with Crippen LogP contribution in [0, 0.1) is 0 Å². The van der Waals surface area contributed by atoms with E-state index in [1.807, 2.05) is 18.2 Å². The summed E-state index contributed by atoms with van der Waals surface area (Å²) in [5.41, 5.74) is -1.58. The van der Waals surface area contributed by atoms with Gasteiger partial charge < -0.3 is 14.6 Å². The fourth-order valence-corrected chi connectivity index (χ4v) is 5.19. The van der Waals surface area contributed by atoms with Gasteiger partial charge in [0.15, 0.2) is 5.75 Å². The van der Waals surface area contributed by atoms with Gasteiger partial charge in [0, 0.05) is 5.41 Å². The third kappa shape index (κ3) is 6.16. The molecule has 1 aromatic heterocycles. The highest BCUT2D eigenvalue weighted by Crippen LogP contribution is 2.44. The van der Waals surface area contributed by atoms with E-state index >= 15 is 0 Å². The zero-order valence-corrected chi connectivity index (χ0v) is 21.8. The zero-order valence-electron chi connectivity index (χ0n) is 21.8. The fourth-order valence-electron chi connectivity index (χ4n) is 5.19. The first-order valence-corrected chi connectivity index (χ1v) is 12.9. The molecule has 0 bridgehead atoms. The third-order valence-corrected chi connectivity index (χ3v) is 7.06. The molecule has 10 heteroatoms. The lowest BCUT2D eigenvalue weighted by Gasteiger charge is -2.32. The Morgan fingerprint density at radius 2 is 1.82 bits per heavy atom. The molecule has 1 fully saturated rings. The van der Waals surface area contributed by atoms with E-state index in [9.17, 15) is 27.9 Å². The number of aliphatic hydroxyl groups excluding tert-OH is 1. The van der Waals surface area contributed by atoms with Gasteiger partial charge in [-0.3, -0.25) is 9.48 Å². The SMILES string of the molecule is CCOC(=O)c1nn(CC2(c3cccc(C(F)(F)F)c3)CCCC2)c(C(C)O)c(OCc2ccccc2)c1=O. The molecule has 1 N–H and O–H groups in total. The number of esters is 1. The predicted molar refractivity (Wildman–Crippen MR) is 137 cm³/mol. The van der Waals surface area contributed by atoms with Crippen LogP contribution in [0.2, 0.25) is 0 Å². The molecule has 1 unspecified atom stereocenters. The number of nitrogens with zero attached hydrogens (tertiary/aromatic N) is 2. The normalized spacial score (nSPS) is 15.6. The van der Waals surface area contributed by atoms with Gasteiger partial charge in [-0.25, -0.2) is 4.79 Å². The fraction of sp³-hybridized carbons (Fsp3) is 0.414. The number of hydrogen-bond donors (Lipinski definition) is 1. The minimum atomic E-state index is -4.51. The Labute approximate surface area is 224 Å². The van der Waals surface area contributed by atoms with Crippen LogP contribution in [0.15, 0.2) is 59.4 Å². The standard InChI is InChI=1S/C29H31F3N2O5/c1-3-38-27(37)23-25(36)26(39-17-20-10-5-4-6-11-20)24(19(2)35)34(33-23)18-28(14-7-8-15-28)21-12-9-13-22(16-21)29(30,31)32/h4-6,9-13,16,19,35H,3,7-8,14-15,17-18H2,1-2H3. The second-order valence-electron chi connectivity index (χ2n) is 9.79. The van der Waals surface area contributed by atoms with Crippen LogP contribution in [-0.2, 0) is 29.5 Å². The number of ether oxygens (including phenoxy) is 2. The first kappa shape index (κ1) is 28.4. The maximum atomic E-state index is 13.6. The van der Waals surface area contributed by atoms with Gasteiger partial charge in [-0.15, -0.1) is 0 Å². The molecule has 1 aliphatic carbocycles. The van der Waals surface area contributed by atoms with Crippen LogP contribution in [-0.4, -0.2) is 27.5 Å². The maximum Gasteiger partial charge on any atom is 0.416 e. The van der Waals surface area contributed by atoms with Crippen LogP contribution in [0.1, 0.15) is 78.5 Å². The number of aromatic nitrogens is 2. The van der Waals surface area contributed by atoms with Gasteiger partial charge in [-0.05, 0) is 43.9 Å². The zero-order chi connectivity index (χ0) is 28.2. The van der Waals surface area contributed by atoms with E-state index < -0.39 is 40.4 Å². The van der Waals surface area contributed by atoms with Crippen molar-refractivity contribution >= 4 is 5.97 Å². The Balaban J connectivity index is 1.85. The molecule has 1 saturated carbocycles. The number of carbonyl (C=O) groups excluding carboxylic acids is 1. The van der Waals surface area contributed by atoms with E-state index in [4.69, 9.17) is 9.47 Å². The van der Waals surface area contributed by atoms with Crippen LogP contribution >= 0.6 is 0 Å². The Hall–Kier alpha value is -3.66. The Morgan fingerprint density at radius 3 is 2.44 bits per heavy atom. The topological polar surface area (TPSA) is 90.7 Å². The number of hydrogen-bond acceptors (Lipinski definition) is 6. The van der Waals surface area contributed by atoms with Crippen molar-refractivity contribution in [3.8, 4) is 5.75 Å². The van der Waals surface area contributed by atoms with E-state index in [1.54, 1.807) is 25.1 Å². The minimum absolute atomic E-state index is 0.00643. The number of carbonyl (C=O) groups is 1. The van der Waals surface area contributed by atoms with E-state index in [-0.39, 0.29) is 31.2 Å². The minimum Gasteiger partial charge on any atom is -0.483 e. The average Bonchev–Trinajstić information content (AvgIpc) is 3.38. The van der Waals surface area contributed by atoms with Gasteiger partial charge in [0.2, 0.25) is 5.69 Å². The van der Waals surface area contributed by atoms with E-state index in [0.717, 1.165) is 30.5 Å². The van der Waals surface area contributed by atoms with E-state index in [2.05, 4.69) is 5.10 Å². The lowest BCUT2D eigenvalue weighted by molar-refractivity contribution is -0.137. The highest BCUT2D eigenvalue weighted by molar-refractivity contribution is 5.87. The molecule has 0 spiro atoms. The van der Waals surface area contributed by atoms with Crippen LogP contribution in [0.3, 0.4) is 0 Å². The third-order valence-electron chi connectivity index (χ3n) is 7.06. The van der Waals surface area contributed by atoms with Crippen LogP contribution in [0.4, 0.5) is 13.2 Å². The van der Waals surface area contributed by atoms with Crippen LogP contribution in [0.25, 0.3) is 0 Å². The molecule has 0 aliphatic heterocycles. The molecule has 0 amide bonds. The van der Waals surface area contributed by atoms with Gasteiger partial charge in [-0.2, -0.15) is 18.3 Å². The molecule has 3 aromatic rings. The van der Waals surface area contributed by atoms with Gasteiger partial charge in [0.1, 0.15) is 12.3 Å². The Kier molecular flexibility index (Phi) is 8.44. The van der Waals surface area contributed by atoms with Crippen molar-refractivity contribution in [3.63, 3.8) is 0 Å². The molecule has 1 atom stereocenters. The second kappa shape index (κ2) is 11.6. The molecule has 39 heavy (non-hydrogen) atoms. The Morgan fingerprint density at radius 1 is 1.13 bits per heavy atom. The van der Waals surface area contributed by atoms with E-state index in [0.29, 0.717) is 18.4 Å². The molecule has 0 saturated heterocycles. The maximum absolute atomic E-state index is 13.6. The summed E-state index contributed by atoms with van der Waals surface area (Å²) < 4.78 is 53.0. The van der Waals surface area contributed by atoms with Gasteiger partial charge >= 0.3 is 12.1 Å². The van der Waals surface area contributed by atoms with Crippen molar-refractivity contribution in [2.75, 3.05) is 6.61 Å². The molecule has 2 aromatic carbocycles. The van der Waals surface area contributed by atoms with Crippen molar-refractivity contribution in [1.82, 2.24) is 9.78 Å². The number of alkyl halides is 3. The lowest BCUT2D eigenvalue weighted by atomic mass is 9.78. The molecule has 0 radical (unpaired) electrons. The Bertz CT molecular complexity index is 1360. The first-order valence-electron chi connectivity index (χ1n) is 12.9. The van der Waals surface area contributed by atoms with Crippen molar-refractivity contribution in [3.05, 3.63) is 92.9 Å². The van der Waals surface area contributed by atoms with Crippen LogP contribution in [0.5, 0.6) is 5.75 Å². The summed E-state index contributed by atoms with van der Waals surface area (Å²) in [6.07, 6.45) is -3.05. The average molecular weight is 545 g/mol. The van der Waals surface area contributed by atoms with Gasteiger partial charge in [0.05, 0.1) is 24.8 Å². The largest absolute Gasteiger partial charge is 0.483 e. The summed E-state index contributed by atoms with van der Waals surface area (Å²) in [4.78, 5) is 26.1.